The van der Waals surface area contributed by atoms with Crippen molar-refractivity contribution in [2.24, 2.45) is 5.84 Å². The molecule has 0 spiro atoms. The number of allylic oxidation sites excluding steroid dienone is 1. The van der Waals surface area contributed by atoms with Crippen molar-refractivity contribution in [2.75, 3.05) is 6.61 Å². The van der Waals surface area contributed by atoms with Gasteiger partial charge in [0.25, 0.3) is 0 Å². The first-order valence-corrected chi connectivity index (χ1v) is 6.97. The Labute approximate surface area is 106 Å². The van der Waals surface area contributed by atoms with Crippen LogP contribution in [0.4, 0.5) is 0 Å². The van der Waals surface area contributed by atoms with Crippen LogP contribution >= 0.6 is 0 Å². The predicted molar refractivity (Wildman–Crippen MR) is 72.6 cm³/mol. The standard InChI is InChI=1S/C14H28N2O/c1-4-14(3,17-5-2)13(16-15)12-10-8-6-7-9-11-12/h10,13,16H,4-9,11,15H2,1-3H3. The number of hydrogen-bond acceptors (Lipinski definition) is 3. The first kappa shape index (κ1) is 14.7. The summed E-state index contributed by atoms with van der Waals surface area (Å²) < 4.78 is 5.94. The van der Waals surface area contributed by atoms with Crippen molar-refractivity contribution in [3.05, 3.63) is 11.6 Å². The second-order valence-corrected chi connectivity index (χ2v) is 5.08. The van der Waals surface area contributed by atoms with Crippen LogP contribution in [0, 0.1) is 0 Å². The maximum atomic E-state index is 5.94. The molecule has 1 aliphatic carbocycles. The summed E-state index contributed by atoms with van der Waals surface area (Å²) in [7, 11) is 0. The zero-order valence-electron chi connectivity index (χ0n) is 11.6. The van der Waals surface area contributed by atoms with Gasteiger partial charge in [-0.1, -0.05) is 25.0 Å². The van der Waals surface area contributed by atoms with E-state index in [0.29, 0.717) is 0 Å². The fraction of sp³-hybridized carbons (Fsp3) is 0.857. The van der Waals surface area contributed by atoms with Crippen LogP contribution in [0.25, 0.3) is 0 Å². The van der Waals surface area contributed by atoms with E-state index in [2.05, 4.69) is 25.3 Å². The van der Waals surface area contributed by atoms with E-state index in [0.717, 1.165) is 19.4 Å². The predicted octanol–water partition coefficient (Wildman–Crippen LogP) is 2.91. The second kappa shape index (κ2) is 7.14. The van der Waals surface area contributed by atoms with Gasteiger partial charge in [0.15, 0.2) is 0 Å². The molecule has 0 saturated heterocycles. The molecule has 100 valence electrons. The van der Waals surface area contributed by atoms with Gasteiger partial charge < -0.3 is 4.74 Å². The van der Waals surface area contributed by atoms with Gasteiger partial charge in [-0.15, -0.1) is 0 Å². The molecule has 0 aliphatic heterocycles. The molecule has 0 saturated carbocycles. The Balaban J connectivity index is 2.83. The van der Waals surface area contributed by atoms with Crippen LogP contribution in [0.2, 0.25) is 0 Å². The van der Waals surface area contributed by atoms with Crippen molar-refractivity contribution in [3.63, 3.8) is 0 Å². The maximum absolute atomic E-state index is 5.94. The summed E-state index contributed by atoms with van der Waals surface area (Å²) in [6.07, 6.45) is 9.57. The second-order valence-electron chi connectivity index (χ2n) is 5.08. The van der Waals surface area contributed by atoms with E-state index >= 15 is 0 Å². The molecule has 3 nitrogen and oxygen atoms in total. The normalized spacial score (nSPS) is 22.5. The van der Waals surface area contributed by atoms with E-state index in [9.17, 15) is 0 Å². The molecule has 0 bridgehead atoms. The molecule has 2 unspecified atom stereocenters. The fourth-order valence-corrected chi connectivity index (χ4v) is 2.70. The van der Waals surface area contributed by atoms with Crippen molar-refractivity contribution in [3.8, 4) is 0 Å². The third kappa shape index (κ3) is 3.80. The number of nitrogens with two attached hydrogens (primary N) is 1. The zero-order valence-corrected chi connectivity index (χ0v) is 11.6. The molecular formula is C14H28N2O. The van der Waals surface area contributed by atoms with Crippen LogP contribution in [-0.2, 0) is 4.74 Å². The van der Waals surface area contributed by atoms with Gasteiger partial charge in [0.2, 0.25) is 0 Å². The quantitative estimate of drug-likeness (QED) is 0.426. The molecule has 0 fully saturated rings. The monoisotopic (exact) mass is 240 g/mol. The topological polar surface area (TPSA) is 47.3 Å². The molecule has 17 heavy (non-hydrogen) atoms. The highest BCUT2D eigenvalue weighted by atomic mass is 16.5. The fourth-order valence-electron chi connectivity index (χ4n) is 2.70. The van der Waals surface area contributed by atoms with E-state index < -0.39 is 0 Å². The highest BCUT2D eigenvalue weighted by Crippen LogP contribution is 2.29. The van der Waals surface area contributed by atoms with Gasteiger partial charge in [-0.05, 0) is 46.0 Å². The molecule has 0 radical (unpaired) electrons. The van der Waals surface area contributed by atoms with Crippen LogP contribution in [0.1, 0.15) is 59.3 Å². The van der Waals surface area contributed by atoms with Crippen LogP contribution < -0.4 is 11.3 Å². The van der Waals surface area contributed by atoms with Crippen molar-refractivity contribution in [1.29, 1.82) is 0 Å². The summed E-state index contributed by atoms with van der Waals surface area (Å²) >= 11 is 0. The Hall–Kier alpha value is -0.380. The van der Waals surface area contributed by atoms with Gasteiger partial charge in [0.1, 0.15) is 0 Å². The Morgan fingerprint density at radius 1 is 1.41 bits per heavy atom. The van der Waals surface area contributed by atoms with Gasteiger partial charge in [0.05, 0.1) is 11.6 Å². The molecule has 1 rings (SSSR count). The average molecular weight is 240 g/mol. The summed E-state index contributed by atoms with van der Waals surface area (Å²) in [6.45, 7) is 7.10. The minimum atomic E-state index is -0.195. The van der Waals surface area contributed by atoms with Crippen LogP contribution in [0.15, 0.2) is 11.6 Å². The SMILES string of the molecule is CCOC(C)(CC)C(NN)C1=CCCCCC1. The van der Waals surface area contributed by atoms with Crippen LogP contribution in [0.3, 0.4) is 0 Å². The lowest BCUT2D eigenvalue weighted by Gasteiger charge is -2.38. The smallest absolute Gasteiger partial charge is 0.0855 e. The number of rotatable bonds is 6. The highest BCUT2D eigenvalue weighted by Gasteiger charge is 2.34. The summed E-state index contributed by atoms with van der Waals surface area (Å²) in [5.41, 5.74) is 4.22. The lowest BCUT2D eigenvalue weighted by Crippen LogP contribution is -2.54. The molecule has 0 aromatic carbocycles. The minimum Gasteiger partial charge on any atom is -0.374 e. The van der Waals surface area contributed by atoms with Crippen molar-refractivity contribution >= 4 is 0 Å². The number of hydrogen-bond donors (Lipinski definition) is 2. The Morgan fingerprint density at radius 2 is 2.18 bits per heavy atom. The molecule has 3 N–H and O–H groups in total. The number of ether oxygens (including phenoxy) is 1. The molecule has 0 aromatic rings. The summed E-state index contributed by atoms with van der Waals surface area (Å²) in [6, 6.07) is 0.144. The lowest BCUT2D eigenvalue weighted by atomic mass is 9.86. The summed E-state index contributed by atoms with van der Waals surface area (Å²) in [5, 5.41) is 0. The van der Waals surface area contributed by atoms with E-state index in [4.69, 9.17) is 10.6 Å². The van der Waals surface area contributed by atoms with Gasteiger partial charge in [-0.25, -0.2) is 0 Å². The molecular weight excluding hydrogens is 212 g/mol. The van der Waals surface area contributed by atoms with Crippen molar-refractivity contribution < 1.29 is 4.74 Å². The molecule has 0 amide bonds. The number of hydrazine groups is 1. The van der Waals surface area contributed by atoms with E-state index in [1.54, 1.807) is 0 Å². The molecule has 0 aromatic heterocycles. The third-order valence-corrected chi connectivity index (χ3v) is 3.90. The molecule has 1 aliphatic rings. The third-order valence-electron chi connectivity index (χ3n) is 3.90. The molecule has 2 atom stereocenters. The summed E-state index contributed by atoms with van der Waals surface area (Å²) in [4.78, 5) is 0. The first-order chi connectivity index (χ1) is 8.18. The van der Waals surface area contributed by atoms with E-state index in [1.165, 1.54) is 31.3 Å². The number of nitrogens with one attached hydrogen (secondary N) is 1. The van der Waals surface area contributed by atoms with E-state index in [-0.39, 0.29) is 11.6 Å². The lowest BCUT2D eigenvalue weighted by molar-refractivity contribution is -0.0472. The Bertz CT molecular complexity index is 253. The van der Waals surface area contributed by atoms with Gasteiger partial charge >= 0.3 is 0 Å². The highest BCUT2D eigenvalue weighted by molar-refractivity contribution is 5.17. The largest absolute Gasteiger partial charge is 0.374 e. The molecule has 0 heterocycles. The molecule has 3 heteroatoms. The van der Waals surface area contributed by atoms with Crippen LogP contribution in [0.5, 0.6) is 0 Å². The van der Waals surface area contributed by atoms with Crippen LogP contribution in [-0.4, -0.2) is 18.2 Å². The average Bonchev–Trinajstić information content (AvgIpc) is 2.59. The minimum absolute atomic E-state index is 0.144. The van der Waals surface area contributed by atoms with Gasteiger partial charge in [-0.3, -0.25) is 11.3 Å². The van der Waals surface area contributed by atoms with Gasteiger partial charge in [0, 0.05) is 6.61 Å². The Morgan fingerprint density at radius 3 is 2.76 bits per heavy atom. The Kier molecular flexibility index (Phi) is 6.17. The zero-order chi connectivity index (χ0) is 12.7. The van der Waals surface area contributed by atoms with Gasteiger partial charge in [-0.2, -0.15) is 0 Å². The maximum Gasteiger partial charge on any atom is 0.0855 e. The van der Waals surface area contributed by atoms with Crippen molar-refractivity contribution in [2.45, 2.75) is 70.9 Å². The van der Waals surface area contributed by atoms with Crippen molar-refractivity contribution in [1.82, 2.24) is 5.43 Å². The first-order valence-electron chi connectivity index (χ1n) is 6.97. The van der Waals surface area contributed by atoms with E-state index in [1.807, 2.05) is 6.92 Å². The summed E-state index contributed by atoms with van der Waals surface area (Å²) in [5.74, 6) is 5.78.